The van der Waals surface area contributed by atoms with Crippen LogP contribution in [0.4, 0.5) is 52.4 Å². The predicted octanol–water partition coefficient (Wildman–Crippen LogP) is 16.1. The summed E-state index contributed by atoms with van der Waals surface area (Å²) in [6, 6.07) is 19.1. The highest BCUT2D eigenvalue weighted by Gasteiger charge is 2.39. The quantitative estimate of drug-likeness (QED) is 0.0259. The lowest BCUT2D eigenvalue weighted by Crippen LogP contribution is -2.58. The SMILES string of the molecule is CC(C)c1cccc(C(C)C)c1NC(=O)NS(=O)(=O)N1CCOCC1.Cc1cc(C(C)C)c(NC(=O)NS(=O)(=O)N2CCN3CCCCC3C2)c(C(C)C)c1.Cc1cc(C(C)C)c(NC(=O)NS(=O)(=O)N2CCN3CCCCC3C2)c(C(C)C)c1.Cc1cc(C(C)C)c(NC(=O)NS(=O)(=O)N2CCOCC2)c(C(C)C)c1.Cc1cc(C(C)C)c(NC(=O)NS(=O)(=O)N2CCOCC2)c(C(C)C)c1. The second kappa shape index (κ2) is 51.0. The second-order valence-corrected chi connectivity index (χ2v) is 47.9. The van der Waals surface area contributed by atoms with Gasteiger partial charge in [0.1, 0.15) is 0 Å². The van der Waals surface area contributed by atoms with Gasteiger partial charge in [0.15, 0.2) is 0 Å². The van der Waals surface area contributed by atoms with Gasteiger partial charge in [-0.05, 0) is 181 Å². The van der Waals surface area contributed by atoms with Gasteiger partial charge in [0, 0.05) is 119 Å². The molecule has 5 aromatic rings. The number of aryl methyl sites for hydroxylation is 4. The van der Waals surface area contributed by atoms with Gasteiger partial charge in [-0.1, -0.05) is 240 Å². The monoisotopic (exact) mass is 2010 g/mol. The molecule has 0 aliphatic carbocycles. The zero-order valence-electron chi connectivity index (χ0n) is 85.2. The van der Waals surface area contributed by atoms with E-state index in [4.69, 9.17) is 14.2 Å². The number of ether oxygens (including phenoxy) is 3. The molecule has 12 rings (SSSR count). The number of carbonyl (C=O) groups excluding carboxylic acids is 5. The summed E-state index contributed by atoms with van der Waals surface area (Å²) in [7, 11) is -19.4. The van der Waals surface area contributed by atoms with E-state index in [1.165, 1.54) is 34.4 Å². The Morgan fingerprint density at radius 1 is 0.263 bits per heavy atom. The average Bonchev–Trinajstić information content (AvgIpc) is 0.790. The van der Waals surface area contributed by atoms with E-state index < -0.39 is 81.2 Å². The van der Waals surface area contributed by atoms with Crippen molar-refractivity contribution in [3.8, 4) is 0 Å². The fraction of sp³-hybridized carbons (Fsp3) is 0.639. The van der Waals surface area contributed by atoms with Crippen LogP contribution in [-0.4, -0.2) is 247 Å². The first kappa shape index (κ1) is 114. The minimum Gasteiger partial charge on any atom is -0.379 e. The molecule has 35 nitrogen and oxygen atoms in total. The molecule has 40 heteroatoms. The fourth-order valence-electron chi connectivity index (χ4n) is 17.9. The summed E-state index contributed by atoms with van der Waals surface area (Å²) in [6.45, 7) is 57.9. The van der Waals surface area contributed by atoms with E-state index in [1.807, 2.05) is 153 Å². The van der Waals surface area contributed by atoms with Crippen LogP contribution < -0.4 is 50.2 Å². The van der Waals surface area contributed by atoms with Crippen LogP contribution in [-0.2, 0) is 65.3 Å². The standard InChI is InChI=1S/2C22H36N4O3S.2C18H29N3O4S.C17H27N3O4S/c2*1-15(2)19-12-17(5)13-20(16(3)4)21(19)23-22(27)24-30(28,29)26-11-10-25-9-7-6-8-18(25)14-26;2*1-12(2)15-10-14(5)11-16(13(3)4)17(15)19-18(22)20-26(23,24)21-6-8-25-9-7-21;1-12(2)14-6-5-7-15(13(3)4)16(14)18-17(21)19-25(22,23)20-8-10-24-11-9-20/h2*12-13,15-16,18H,6-11,14H2,1-5H3,(H2,23,24,27);2*10-13H,6-9H2,1-5H3,(H2,19,20,22);5-7,12-13H,8-11H2,1-4H3,(H2,18,19,21). The Morgan fingerprint density at radius 2 is 0.453 bits per heavy atom. The molecule has 2 unspecified atom stereocenters. The number of benzene rings is 5. The lowest BCUT2D eigenvalue weighted by atomic mass is 9.90. The van der Waals surface area contributed by atoms with Crippen molar-refractivity contribution in [3.63, 3.8) is 0 Å². The van der Waals surface area contributed by atoms with E-state index in [2.05, 4.69) is 140 Å². The number of fused-ring (bicyclic) bond motifs is 2. The molecule has 0 spiro atoms. The molecule has 5 aromatic carbocycles. The van der Waals surface area contributed by atoms with Crippen molar-refractivity contribution in [3.05, 3.63) is 145 Å². The van der Waals surface area contributed by atoms with E-state index >= 15 is 0 Å². The molecule has 7 aliphatic rings. The minimum absolute atomic E-state index is 0.193. The molecule has 0 aromatic heterocycles. The number of amides is 10. The Kier molecular flexibility index (Phi) is 42.4. The Bertz CT molecular complexity index is 5130. The third-order valence-corrected chi connectivity index (χ3v) is 32.6. The van der Waals surface area contributed by atoms with Crippen LogP contribution in [0.3, 0.4) is 0 Å². The summed E-state index contributed by atoms with van der Waals surface area (Å²) < 4.78 is 158. The van der Waals surface area contributed by atoms with Crippen LogP contribution in [0.1, 0.15) is 314 Å². The van der Waals surface area contributed by atoms with E-state index in [-0.39, 0.29) is 111 Å². The van der Waals surface area contributed by atoms with Crippen LogP contribution in [0.5, 0.6) is 0 Å². The number of morpholine rings is 3. The normalized spacial score (nSPS) is 18.3. The summed E-state index contributed by atoms with van der Waals surface area (Å²) >= 11 is 0. The molecule has 7 saturated heterocycles. The van der Waals surface area contributed by atoms with E-state index in [9.17, 15) is 66.1 Å². The number of carbonyl (C=O) groups is 5. The number of hydrogen-bond acceptors (Lipinski definition) is 20. The molecule has 2 atom stereocenters. The van der Waals surface area contributed by atoms with Crippen LogP contribution in [0, 0.1) is 27.7 Å². The topological polar surface area (TPSA) is 427 Å². The van der Waals surface area contributed by atoms with Gasteiger partial charge in [0.2, 0.25) is 0 Å². The summed E-state index contributed by atoms with van der Waals surface area (Å²) in [6.07, 6.45) is 6.64. The van der Waals surface area contributed by atoms with Crippen molar-refractivity contribution in [2.45, 2.75) is 276 Å². The first-order valence-electron chi connectivity index (χ1n) is 48.5. The molecular weight excluding hydrogens is 1850 g/mol. The van der Waals surface area contributed by atoms with Gasteiger partial charge in [0.25, 0.3) is 0 Å². The molecule has 10 N–H and O–H groups in total. The van der Waals surface area contributed by atoms with Gasteiger partial charge >= 0.3 is 81.2 Å². The highest BCUT2D eigenvalue weighted by Crippen LogP contribution is 2.40. The number of hydrogen-bond donors (Lipinski definition) is 10. The lowest BCUT2D eigenvalue weighted by Gasteiger charge is -2.43. The Hall–Kier alpha value is -8.20. The number of piperazine rings is 2. The van der Waals surface area contributed by atoms with Gasteiger partial charge in [-0.3, -0.25) is 9.80 Å². The fourth-order valence-corrected chi connectivity index (χ4v) is 23.3. The highest BCUT2D eigenvalue weighted by atomic mass is 32.2. The number of para-hydroxylation sites is 1. The predicted molar refractivity (Wildman–Crippen MR) is 546 cm³/mol. The molecule has 0 radical (unpaired) electrons. The maximum Gasteiger partial charge on any atom is 0.333 e. The molecular formula is C97H157N17O18S5. The number of nitrogens with one attached hydrogen (secondary N) is 10. The van der Waals surface area contributed by atoms with Gasteiger partial charge < -0.3 is 40.8 Å². The van der Waals surface area contributed by atoms with Crippen LogP contribution in [0.2, 0.25) is 0 Å². The summed E-state index contributed by atoms with van der Waals surface area (Å²) in [4.78, 5) is 67.5. The molecule has 0 saturated carbocycles. The zero-order chi connectivity index (χ0) is 102. The number of anilines is 5. The third-order valence-electron chi connectivity index (χ3n) is 25.2. The van der Waals surface area contributed by atoms with Crippen molar-refractivity contribution in [1.29, 1.82) is 0 Å². The van der Waals surface area contributed by atoms with Crippen LogP contribution in [0.15, 0.2) is 66.7 Å². The Balaban J connectivity index is 0.000000211. The first-order chi connectivity index (χ1) is 64.1. The van der Waals surface area contributed by atoms with E-state index in [0.29, 0.717) is 82.9 Å². The van der Waals surface area contributed by atoms with Gasteiger partial charge in [0.05, 0.1) is 39.6 Å². The first-order valence-corrected chi connectivity index (χ1v) is 55.7. The summed E-state index contributed by atoms with van der Waals surface area (Å²) in [5.74, 6) is 1.98. The minimum atomic E-state index is -3.89. The smallest absolute Gasteiger partial charge is 0.333 e. The summed E-state index contributed by atoms with van der Waals surface area (Å²) in [5.41, 5.74) is 18.0. The maximum atomic E-state index is 12.9. The van der Waals surface area contributed by atoms with Gasteiger partial charge in [-0.15, -0.1) is 0 Å². The molecule has 10 amide bonds. The largest absolute Gasteiger partial charge is 0.379 e. The molecule has 137 heavy (non-hydrogen) atoms. The Morgan fingerprint density at radius 3 is 0.650 bits per heavy atom. The number of rotatable bonds is 25. The van der Waals surface area contributed by atoms with E-state index in [1.54, 1.807) is 0 Å². The van der Waals surface area contributed by atoms with Gasteiger partial charge in [-0.2, -0.15) is 63.6 Å². The van der Waals surface area contributed by atoms with Crippen molar-refractivity contribution >= 4 is 110 Å². The van der Waals surface area contributed by atoms with Crippen molar-refractivity contribution < 1.29 is 80.3 Å². The van der Waals surface area contributed by atoms with Crippen molar-refractivity contribution in [2.24, 2.45) is 0 Å². The molecule has 7 heterocycles. The molecule has 7 aliphatic heterocycles. The number of urea groups is 5. The molecule has 7 fully saturated rings. The van der Waals surface area contributed by atoms with Crippen LogP contribution >= 0.6 is 0 Å². The lowest BCUT2D eigenvalue weighted by molar-refractivity contribution is 0.0726. The summed E-state index contributed by atoms with van der Waals surface area (Å²) in [5, 5.41) is 14.0. The number of nitrogens with zero attached hydrogens (tertiary/aromatic N) is 7. The van der Waals surface area contributed by atoms with Gasteiger partial charge in [-0.25, -0.2) is 47.6 Å². The maximum absolute atomic E-state index is 12.9. The van der Waals surface area contributed by atoms with Crippen molar-refractivity contribution in [1.82, 2.24) is 54.9 Å². The highest BCUT2D eigenvalue weighted by molar-refractivity contribution is 7.88. The molecule has 0 bridgehead atoms. The zero-order valence-corrected chi connectivity index (χ0v) is 89.3. The third kappa shape index (κ3) is 32.7. The Labute approximate surface area is 818 Å². The van der Waals surface area contributed by atoms with E-state index in [0.717, 1.165) is 141 Å². The number of piperidine rings is 2. The second-order valence-electron chi connectivity index (χ2n) is 39.6. The molecule has 768 valence electrons. The van der Waals surface area contributed by atoms with Crippen molar-refractivity contribution in [2.75, 3.05) is 158 Å². The average molecular weight is 2010 g/mol. The van der Waals surface area contributed by atoms with Crippen LogP contribution in [0.25, 0.3) is 0 Å².